The van der Waals surface area contributed by atoms with Crippen LogP contribution in [0.15, 0.2) is 66.7 Å². The van der Waals surface area contributed by atoms with Crippen molar-refractivity contribution in [2.45, 2.75) is 6.92 Å². The average molecular weight is 438 g/mol. The Labute approximate surface area is 183 Å². The molecular weight excluding hydrogens is 421 g/mol. The van der Waals surface area contributed by atoms with Crippen LogP contribution in [0, 0.1) is 0 Å². The van der Waals surface area contributed by atoms with Gasteiger partial charge in [0.25, 0.3) is 0 Å². The van der Waals surface area contributed by atoms with E-state index in [1.807, 2.05) is 24.3 Å². The van der Waals surface area contributed by atoms with Crippen LogP contribution >= 0.6 is 23.2 Å². The number of anilines is 2. The molecule has 0 radical (unpaired) electrons. The average Bonchev–Trinajstić information content (AvgIpc) is 2.74. The Morgan fingerprint density at radius 3 is 2.50 bits per heavy atom. The van der Waals surface area contributed by atoms with Gasteiger partial charge in [0.15, 0.2) is 5.82 Å². The summed E-state index contributed by atoms with van der Waals surface area (Å²) in [6.07, 6.45) is 0. The number of hydrogen-bond donors (Lipinski definition) is 1. The van der Waals surface area contributed by atoms with Gasteiger partial charge in [-0.15, -0.1) is 0 Å². The monoisotopic (exact) mass is 437 g/mol. The standard InChI is InChI=1S/C23H17Cl2N3O2/c1-2-30-23(29)14-7-10-16(11-8-14)26-22-18-5-3-4-6-20(18)27-21(28-22)17-12-9-15(24)13-19(17)25/h3-13H,2H2,1H3,(H,26,27,28). The molecule has 0 unspecified atom stereocenters. The number of rotatable bonds is 5. The summed E-state index contributed by atoms with van der Waals surface area (Å²) < 4.78 is 5.03. The van der Waals surface area contributed by atoms with Crippen LogP contribution in [0.3, 0.4) is 0 Å². The smallest absolute Gasteiger partial charge is 0.338 e. The van der Waals surface area contributed by atoms with Crippen LogP contribution in [0.2, 0.25) is 10.0 Å². The van der Waals surface area contributed by atoms with Gasteiger partial charge in [0.1, 0.15) is 5.82 Å². The molecule has 4 aromatic rings. The van der Waals surface area contributed by atoms with Crippen molar-refractivity contribution in [3.63, 3.8) is 0 Å². The zero-order chi connectivity index (χ0) is 21.1. The SMILES string of the molecule is CCOC(=O)c1ccc(Nc2nc(-c3ccc(Cl)cc3Cl)nc3ccccc23)cc1. The Morgan fingerprint density at radius 1 is 1.00 bits per heavy atom. The van der Waals surface area contributed by atoms with E-state index in [9.17, 15) is 4.79 Å². The van der Waals surface area contributed by atoms with E-state index in [1.54, 1.807) is 49.4 Å². The number of nitrogens with one attached hydrogen (secondary N) is 1. The number of halogens is 2. The summed E-state index contributed by atoms with van der Waals surface area (Å²) in [7, 11) is 0. The molecule has 0 aliphatic rings. The summed E-state index contributed by atoms with van der Waals surface area (Å²) in [6, 6.07) is 19.9. The molecule has 0 atom stereocenters. The third kappa shape index (κ3) is 4.22. The summed E-state index contributed by atoms with van der Waals surface area (Å²) >= 11 is 12.4. The minimum atomic E-state index is -0.351. The van der Waals surface area contributed by atoms with E-state index >= 15 is 0 Å². The lowest BCUT2D eigenvalue weighted by Crippen LogP contribution is -2.04. The highest BCUT2D eigenvalue weighted by Crippen LogP contribution is 2.32. The number of aromatic nitrogens is 2. The van der Waals surface area contributed by atoms with Crippen molar-refractivity contribution in [3.8, 4) is 11.4 Å². The summed E-state index contributed by atoms with van der Waals surface area (Å²) in [5.74, 6) is 0.766. The summed E-state index contributed by atoms with van der Waals surface area (Å²) in [6.45, 7) is 2.11. The van der Waals surface area contributed by atoms with Gasteiger partial charge in [0, 0.05) is 21.7 Å². The molecule has 0 saturated heterocycles. The number of hydrogen-bond acceptors (Lipinski definition) is 5. The normalized spacial score (nSPS) is 10.8. The van der Waals surface area contributed by atoms with Crippen molar-refractivity contribution in [1.82, 2.24) is 9.97 Å². The molecule has 0 aliphatic carbocycles. The largest absolute Gasteiger partial charge is 0.462 e. The maximum Gasteiger partial charge on any atom is 0.338 e. The second kappa shape index (κ2) is 8.69. The molecule has 0 amide bonds. The van der Waals surface area contributed by atoms with E-state index in [4.69, 9.17) is 32.9 Å². The lowest BCUT2D eigenvalue weighted by atomic mass is 10.1. The predicted octanol–water partition coefficient (Wildman–Crippen LogP) is 6.52. The zero-order valence-electron chi connectivity index (χ0n) is 16.0. The maximum absolute atomic E-state index is 11.9. The summed E-state index contributed by atoms with van der Waals surface area (Å²) in [5, 5.41) is 5.20. The molecule has 5 nitrogen and oxygen atoms in total. The van der Waals surface area contributed by atoms with Gasteiger partial charge in [-0.05, 0) is 61.5 Å². The Bertz CT molecular complexity index is 1230. The number of fused-ring (bicyclic) bond motifs is 1. The van der Waals surface area contributed by atoms with Crippen molar-refractivity contribution in [3.05, 3.63) is 82.3 Å². The molecule has 3 aromatic carbocycles. The number of para-hydroxylation sites is 1. The lowest BCUT2D eigenvalue weighted by molar-refractivity contribution is 0.0526. The minimum Gasteiger partial charge on any atom is -0.462 e. The van der Waals surface area contributed by atoms with E-state index in [0.717, 1.165) is 16.6 Å². The quantitative estimate of drug-likeness (QED) is 0.359. The van der Waals surface area contributed by atoms with E-state index in [2.05, 4.69) is 10.3 Å². The first kappa shape index (κ1) is 20.1. The van der Waals surface area contributed by atoms with Gasteiger partial charge in [0.05, 0.1) is 22.7 Å². The van der Waals surface area contributed by atoms with E-state index in [0.29, 0.717) is 39.4 Å². The van der Waals surface area contributed by atoms with Gasteiger partial charge < -0.3 is 10.1 Å². The molecule has 0 bridgehead atoms. The van der Waals surface area contributed by atoms with Crippen LogP contribution in [-0.4, -0.2) is 22.5 Å². The predicted molar refractivity (Wildman–Crippen MR) is 121 cm³/mol. The third-order valence-corrected chi connectivity index (χ3v) is 4.98. The molecule has 30 heavy (non-hydrogen) atoms. The Balaban J connectivity index is 1.74. The molecule has 4 rings (SSSR count). The fourth-order valence-electron chi connectivity index (χ4n) is 3.00. The lowest BCUT2D eigenvalue weighted by Gasteiger charge is -2.12. The van der Waals surface area contributed by atoms with Crippen LogP contribution in [0.25, 0.3) is 22.3 Å². The molecule has 0 spiro atoms. The van der Waals surface area contributed by atoms with Gasteiger partial charge in [-0.3, -0.25) is 0 Å². The molecule has 0 aliphatic heterocycles. The van der Waals surface area contributed by atoms with Crippen LogP contribution in [-0.2, 0) is 4.74 Å². The van der Waals surface area contributed by atoms with Crippen LogP contribution < -0.4 is 5.32 Å². The second-order valence-electron chi connectivity index (χ2n) is 6.46. The highest BCUT2D eigenvalue weighted by atomic mass is 35.5. The molecule has 0 saturated carbocycles. The fourth-order valence-corrected chi connectivity index (χ4v) is 3.50. The topological polar surface area (TPSA) is 64.1 Å². The van der Waals surface area contributed by atoms with E-state index in [-0.39, 0.29) is 5.97 Å². The highest BCUT2D eigenvalue weighted by Gasteiger charge is 2.13. The summed E-state index contributed by atoms with van der Waals surface area (Å²) in [5.41, 5.74) is 2.73. The molecule has 0 fully saturated rings. The number of benzene rings is 3. The van der Waals surface area contributed by atoms with E-state index < -0.39 is 0 Å². The zero-order valence-corrected chi connectivity index (χ0v) is 17.5. The van der Waals surface area contributed by atoms with Gasteiger partial charge >= 0.3 is 5.97 Å². The van der Waals surface area contributed by atoms with Gasteiger partial charge in [0.2, 0.25) is 0 Å². The van der Waals surface area contributed by atoms with Gasteiger partial charge in [-0.25, -0.2) is 14.8 Å². The van der Waals surface area contributed by atoms with Gasteiger partial charge in [-0.2, -0.15) is 0 Å². The fraction of sp³-hybridized carbons (Fsp3) is 0.0870. The van der Waals surface area contributed by atoms with Crippen molar-refractivity contribution >= 4 is 51.6 Å². The number of carbonyl (C=O) groups excluding carboxylic acids is 1. The number of nitrogens with zero attached hydrogens (tertiary/aromatic N) is 2. The van der Waals surface area contributed by atoms with Crippen molar-refractivity contribution in [2.24, 2.45) is 0 Å². The number of ether oxygens (including phenoxy) is 1. The first-order chi connectivity index (χ1) is 14.5. The van der Waals surface area contributed by atoms with Crippen molar-refractivity contribution in [1.29, 1.82) is 0 Å². The third-order valence-electron chi connectivity index (χ3n) is 4.43. The number of carbonyl (C=O) groups is 1. The Morgan fingerprint density at radius 2 is 1.77 bits per heavy atom. The molecule has 150 valence electrons. The summed E-state index contributed by atoms with van der Waals surface area (Å²) in [4.78, 5) is 21.2. The van der Waals surface area contributed by atoms with Gasteiger partial charge in [-0.1, -0.05) is 35.3 Å². The molecule has 1 N–H and O–H groups in total. The van der Waals surface area contributed by atoms with Crippen LogP contribution in [0.1, 0.15) is 17.3 Å². The maximum atomic E-state index is 11.9. The minimum absolute atomic E-state index is 0.335. The molecule has 7 heteroatoms. The molecule has 1 heterocycles. The first-order valence-electron chi connectivity index (χ1n) is 9.31. The number of esters is 1. The molecular formula is C23H17Cl2N3O2. The van der Waals surface area contributed by atoms with Crippen LogP contribution in [0.5, 0.6) is 0 Å². The Kier molecular flexibility index (Phi) is 5.84. The highest BCUT2D eigenvalue weighted by molar-refractivity contribution is 6.36. The van der Waals surface area contributed by atoms with Crippen LogP contribution in [0.4, 0.5) is 11.5 Å². The van der Waals surface area contributed by atoms with E-state index in [1.165, 1.54) is 0 Å². The van der Waals surface area contributed by atoms with Crippen molar-refractivity contribution < 1.29 is 9.53 Å². The first-order valence-corrected chi connectivity index (χ1v) is 10.1. The second-order valence-corrected chi connectivity index (χ2v) is 7.30. The van der Waals surface area contributed by atoms with Crippen molar-refractivity contribution in [2.75, 3.05) is 11.9 Å². The Hall–Kier alpha value is -3.15. The molecule has 1 aromatic heterocycles.